The molecule has 0 aromatic heterocycles. The van der Waals surface area contributed by atoms with Crippen molar-refractivity contribution in [3.05, 3.63) is 0 Å². The largest absolute Gasteiger partial charge is 0.242 e. The quantitative estimate of drug-likeness (QED) is 0.696. The second kappa shape index (κ2) is 6.89. The van der Waals surface area contributed by atoms with Crippen LogP contribution in [0, 0.1) is 5.92 Å². The molecule has 0 N–H and O–H groups in total. The minimum Gasteiger partial charge on any atom is -0.242 e. The lowest BCUT2D eigenvalue weighted by Gasteiger charge is -2.37. The van der Waals surface area contributed by atoms with Crippen LogP contribution in [0.5, 0.6) is 0 Å². The molecule has 2 rings (SSSR count). The van der Waals surface area contributed by atoms with Crippen molar-refractivity contribution in [2.45, 2.75) is 32.6 Å². The zero-order valence-electron chi connectivity index (χ0n) is 8.95. The summed E-state index contributed by atoms with van der Waals surface area (Å²) in [6.45, 7) is 7.62. The molecule has 0 saturated carbocycles. The lowest BCUT2D eigenvalue weighted by atomic mass is 10.0. The molecular formula is C10H22Cl2N2. The fourth-order valence-electron chi connectivity index (χ4n) is 2.40. The van der Waals surface area contributed by atoms with Gasteiger partial charge in [-0.05, 0) is 31.6 Å². The molecular weight excluding hydrogens is 219 g/mol. The highest BCUT2D eigenvalue weighted by Crippen LogP contribution is 2.20. The molecule has 0 aliphatic carbocycles. The van der Waals surface area contributed by atoms with Gasteiger partial charge in [0.1, 0.15) is 0 Å². The lowest BCUT2D eigenvalue weighted by Crippen LogP contribution is -2.46. The summed E-state index contributed by atoms with van der Waals surface area (Å²) in [4.78, 5) is 0. The Morgan fingerprint density at radius 1 is 0.857 bits per heavy atom. The number of rotatable bonds is 1. The third kappa shape index (κ3) is 3.58. The molecule has 1 atom stereocenters. The molecule has 2 aliphatic heterocycles. The normalized spacial score (nSPS) is 29.4. The molecule has 0 aromatic rings. The minimum atomic E-state index is 0. The van der Waals surface area contributed by atoms with E-state index in [-0.39, 0.29) is 24.8 Å². The second-order valence-corrected chi connectivity index (χ2v) is 4.32. The summed E-state index contributed by atoms with van der Waals surface area (Å²) in [5, 5.41) is 5.15. The number of piperidine rings is 1. The molecule has 2 nitrogen and oxygen atoms in total. The van der Waals surface area contributed by atoms with Crippen molar-refractivity contribution in [2.24, 2.45) is 5.92 Å². The maximum absolute atomic E-state index is 2.58. The van der Waals surface area contributed by atoms with Crippen LogP contribution in [0.3, 0.4) is 0 Å². The van der Waals surface area contributed by atoms with Crippen LogP contribution >= 0.6 is 24.8 Å². The first-order valence-corrected chi connectivity index (χ1v) is 5.36. The Morgan fingerprint density at radius 3 is 2.00 bits per heavy atom. The first-order chi connectivity index (χ1) is 5.86. The summed E-state index contributed by atoms with van der Waals surface area (Å²) < 4.78 is 0. The Balaban J connectivity index is 0.000000845. The summed E-state index contributed by atoms with van der Waals surface area (Å²) in [6.07, 6.45) is 5.65. The van der Waals surface area contributed by atoms with Crippen LogP contribution in [0.25, 0.3) is 0 Å². The molecule has 0 amide bonds. The van der Waals surface area contributed by atoms with E-state index in [9.17, 15) is 0 Å². The van der Waals surface area contributed by atoms with Crippen LogP contribution in [0.4, 0.5) is 0 Å². The molecule has 0 radical (unpaired) electrons. The zero-order chi connectivity index (χ0) is 8.39. The monoisotopic (exact) mass is 240 g/mol. The smallest absolute Gasteiger partial charge is 0.0159 e. The molecule has 0 aromatic carbocycles. The van der Waals surface area contributed by atoms with Crippen LogP contribution in [-0.2, 0) is 0 Å². The summed E-state index contributed by atoms with van der Waals surface area (Å²) in [5.41, 5.74) is 0. The Morgan fingerprint density at radius 2 is 1.43 bits per heavy atom. The van der Waals surface area contributed by atoms with Crippen molar-refractivity contribution in [1.29, 1.82) is 0 Å². The fraction of sp³-hybridized carbons (Fsp3) is 1.00. The van der Waals surface area contributed by atoms with Crippen LogP contribution in [0.2, 0.25) is 0 Å². The standard InChI is InChI=1S/C10H20N2.2ClH/c1-10-5-4-8-12(9-10)11-6-2-3-7-11;;/h10H,2-9H2,1H3;2*1H. The molecule has 86 valence electrons. The van der Waals surface area contributed by atoms with E-state index in [1.165, 1.54) is 51.9 Å². The van der Waals surface area contributed by atoms with Crippen molar-refractivity contribution in [3.63, 3.8) is 0 Å². The maximum Gasteiger partial charge on any atom is 0.0159 e. The van der Waals surface area contributed by atoms with Crippen molar-refractivity contribution < 1.29 is 0 Å². The molecule has 2 heterocycles. The van der Waals surface area contributed by atoms with Crippen LogP contribution < -0.4 is 0 Å². The topological polar surface area (TPSA) is 6.48 Å². The number of halogens is 2. The van der Waals surface area contributed by atoms with Gasteiger partial charge in [0.25, 0.3) is 0 Å². The molecule has 0 spiro atoms. The van der Waals surface area contributed by atoms with Gasteiger partial charge in [0.2, 0.25) is 0 Å². The lowest BCUT2D eigenvalue weighted by molar-refractivity contribution is -0.0339. The van der Waals surface area contributed by atoms with Crippen molar-refractivity contribution >= 4 is 24.8 Å². The van der Waals surface area contributed by atoms with Gasteiger partial charge >= 0.3 is 0 Å². The molecule has 2 saturated heterocycles. The van der Waals surface area contributed by atoms with E-state index in [2.05, 4.69) is 16.9 Å². The van der Waals surface area contributed by atoms with E-state index >= 15 is 0 Å². The third-order valence-corrected chi connectivity index (χ3v) is 3.12. The van der Waals surface area contributed by atoms with E-state index < -0.39 is 0 Å². The number of hydrazine groups is 1. The average molecular weight is 241 g/mol. The predicted molar refractivity (Wildman–Crippen MR) is 65.3 cm³/mol. The van der Waals surface area contributed by atoms with Gasteiger partial charge in [-0.25, -0.2) is 10.0 Å². The van der Waals surface area contributed by atoms with E-state index in [1.54, 1.807) is 0 Å². The summed E-state index contributed by atoms with van der Waals surface area (Å²) in [7, 11) is 0. The summed E-state index contributed by atoms with van der Waals surface area (Å²) in [6, 6.07) is 0. The van der Waals surface area contributed by atoms with Crippen molar-refractivity contribution in [2.75, 3.05) is 26.2 Å². The van der Waals surface area contributed by atoms with Gasteiger partial charge in [-0.1, -0.05) is 6.92 Å². The van der Waals surface area contributed by atoms with Crippen LogP contribution in [0.1, 0.15) is 32.6 Å². The second-order valence-electron chi connectivity index (χ2n) is 4.32. The Kier molecular flexibility index (Phi) is 7.13. The predicted octanol–water partition coefficient (Wildman–Crippen LogP) is 2.57. The van der Waals surface area contributed by atoms with Gasteiger partial charge in [0, 0.05) is 26.2 Å². The first kappa shape index (κ1) is 14.5. The summed E-state index contributed by atoms with van der Waals surface area (Å²) in [5.74, 6) is 0.916. The van der Waals surface area contributed by atoms with E-state index in [4.69, 9.17) is 0 Å². The molecule has 2 aliphatic rings. The van der Waals surface area contributed by atoms with Crippen molar-refractivity contribution in [3.8, 4) is 0 Å². The van der Waals surface area contributed by atoms with Gasteiger partial charge in [-0.15, -0.1) is 24.8 Å². The fourth-order valence-corrected chi connectivity index (χ4v) is 2.40. The van der Waals surface area contributed by atoms with Crippen LogP contribution in [0.15, 0.2) is 0 Å². The number of nitrogens with zero attached hydrogens (tertiary/aromatic N) is 2. The van der Waals surface area contributed by atoms with Gasteiger partial charge < -0.3 is 0 Å². The average Bonchev–Trinajstić information content (AvgIpc) is 2.56. The Labute approximate surface area is 99.8 Å². The molecule has 4 heteroatoms. The molecule has 2 fully saturated rings. The number of hydrogen-bond acceptors (Lipinski definition) is 2. The van der Waals surface area contributed by atoms with Gasteiger partial charge in [0.05, 0.1) is 0 Å². The van der Waals surface area contributed by atoms with Gasteiger partial charge in [-0.3, -0.25) is 0 Å². The number of hydrogen-bond donors (Lipinski definition) is 0. The molecule has 0 bridgehead atoms. The van der Waals surface area contributed by atoms with Crippen molar-refractivity contribution in [1.82, 2.24) is 10.0 Å². The van der Waals surface area contributed by atoms with Gasteiger partial charge in [0.15, 0.2) is 0 Å². The highest BCUT2D eigenvalue weighted by atomic mass is 35.5. The Hall–Kier alpha value is 0.500. The third-order valence-electron chi connectivity index (χ3n) is 3.12. The Bertz CT molecular complexity index is 149. The molecule has 14 heavy (non-hydrogen) atoms. The van der Waals surface area contributed by atoms with E-state index in [0.29, 0.717) is 0 Å². The highest BCUT2D eigenvalue weighted by molar-refractivity contribution is 5.85. The van der Waals surface area contributed by atoms with E-state index in [1.807, 2.05) is 0 Å². The van der Waals surface area contributed by atoms with Crippen LogP contribution in [-0.4, -0.2) is 36.2 Å². The summed E-state index contributed by atoms with van der Waals surface area (Å²) >= 11 is 0. The maximum atomic E-state index is 2.58. The highest BCUT2D eigenvalue weighted by Gasteiger charge is 2.23. The molecule has 1 unspecified atom stereocenters. The first-order valence-electron chi connectivity index (χ1n) is 5.36. The van der Waals surface area contributed by atoms with Gasteiger partial charge in [-0.2, -0.15) is 0 Å². The van der Waals surface area contributed by atoms with E-state index in [0.717, 1.165) is 5.92 Å². The minimum absolute atomic E-state index is 0. The SMILES string of the molecule is CC1CCCN(N2CCCC2)C1.Cl.Cl. The zero-order valence-corrected chi connectivity index (χ0v) is 10.6.